The second-order valence-electron chi connectivity index (χ2n) is 10.3. The lowest BCUT2D eigenvalue weighted by atomic mass is 9.97. The molecule has 10 heteroatoms. The van der Waals surface area contributed by atoms with Crippen molar-refractivity contribution in [3.05, 3.63) is 42.0 Å². The van der Waals surface area contributed by atoms with Gasteiger partial charge < -0.3 is 14.8 Å². The van der Waals surface area contributed by atoms with Crippen molar-refractivity contribution < 1.29 is 23.5 Å². The highest BCUT2D eigenvalue weighted by Crippen LogP contribution is 2.41. The van der Waals surface area contributed by atoms with Gasteiger partial charge in [0.2, 0.25) is 5.88 Å². The number of urea groups is 1. The second-order valence-corrected chi connectivity index (χ2v) is 10.3. The zero-order valence-electron chi connectivity index (χ0n) is 21.6. The fraction of sp³-hybridized carbons (Fsp3) is 0.407. The number of amides is 3. The molecule has 0 spiro atoms. The van der Waals surface area contributed by atoms with E-state index in [1.165, 1.54) is 11.0 Å². The van der Waals surface area contributed by atoms with E-state index in [0.717, 1.165) is 18.2 Å². The SMILES string of the molecule is CNC(=O)N(c1cc2cc(-c3cnc4c(c3C)N(C(=O)OC(C)(C)C)CCO4)c(F)cc2cn1)C1CC1. The van der Waals surface area contributed by atoms with Crippen LogP contribution in [0.25, 0.3) is 21.9 Å². The number of carbonyl (C=O) groups is 2. The predicted molar refractivity (Wildman–Crippen MR) is 139 cm³/mol. The van der Waals surface area contributed by atoms with Gasteiger partial charge in [0.15, 0.2) is 0 Å². The third kappa shape index (κ3) is 4.75. The first-order valence-electron chi connectivity index (χ1n) is 12.3. The molecule has 1 aliphatic carbocycles. The minimum absolute atomic E-state index is 0.107. The molecule has 1 fully saturated rings. The van der Waals surface area contributed by atoms with Gasteiger partial charge in [0.25, 0.3) is 0 Å². The van der Waals surface area contributed by atoms with Crippen LogP contribution in [0, 0.1) is 12.7 Å². The summed E-state index contributed by atoms with van der Waals surface area (Å²) in [6, 6.07) is 4.82. The average molecular weight is 508 g/mol. The number of fused-ring (bicyclic) bond motifs is 2. The van der Waals surface area contributed by atoms with E-state index in [9.17, 15) is 9.59 Å². The Bertz CT molecular complexity index is 1400. The Morgan fingerprint density at radius 2 is 1.89 bits per heavy atom. The summed E-state index contributed by atoms with van der Waals surface area (Å²) < 4.78 is 26.7. The number of anilines is 2. The average Bonchev–Trinajstić information content (AvgIpc) is 3.68. The Morgan fingerprint density at radius 1 is 1.14 bits per heavy atom. The Kier molecular flexibility index (Phi) is 6.13. The van der Waals surface area contributed by atoms with Crippen LogP contribution < -0.4 is 19.9 Å². The predicted octanol–water partition coefficient (Wildman–Crippen LogP) is 5.19. The van der Waals surface area contributed by atoms with Gasteiger partial charge in [0, 0.05) is 42.0 Å². The third-order valence-corrected chi connectivity index (χ3v) is 6.39. The van der Waals surface area contributed by atoms with Gasteiger partial charge in [-0.25, -0.2) is 23.9 Å². The highest BCUT2D eigenvalue weighted by molar-refractivity contribution is 5.97. The van der Waals surface area contributed by atoms with Crippen molar-refractivity contribution in [3.8, 4) is 17.0 Å². The molecule has 1 saturated carbocycles. The Balaban J connectivity index is 1.58. The molecule has 3 heterocycles. The van der Waals surface area contributed by atoms with Crippen LogP contribution in [0.4, 0.5) is 25.5 Å². The number of pyridine rings is 2. The van der Waals surface area contributed by atoms with Crippen molar-refractivity contribution in [3.63, 3.8) is 0 Å². The van der Waals surface area contributed by atoms with Crippen LogP contribution in [0.5, 0.6) is 5.88 Å². The van der Waals surface area contributed by atoms with Gasteiger partial charge in [-0.3, -0.25) is 9.80 Å². The molecule has 0 unspecified atom stereocenters. The summed E-state index contributed by atoms with van der Waals surface area (Å²) in [6.45, 7) is 7.78. The standard InChI is InChI=1S/C27H30FN5O4/c1-15-20(14-31-24-23(15)32(8-9-36-24)26(35)37-27(2,3)4)19-10-16-12-22(30-13-17(16)11-21(19)28)33(18-6-7-18)25(34)29-5/h10-14,18H,6-9H2,1-5H3,(H,29,34). The Labute approximate surface area is 214 Å². The zero-order chi connectivity index (χ0) is 26.5. The van der Waals surface area contributed by atoms with Gasteiger partial charge in [0.05, 0.1) is 6.54 Å². The molecule has 5 rings (SSSR count). The number of hydrogen-bond donors (Lipinski definition) is 1. The summed E-state index contributed by atoms with van der Waals surface area (Å²) in [4.78, 5) is 37.4. The van der Waals surface area contributed by atoms with Gasteiger partial charge in [0.1, 0.15) is 29.5 Å². The first kappa shape index (κ1) is 24.7. The van der Waals surface area contributed by atoms with E-state index in [1.54, 1.807) is 57.2 Å². The van der Waals surface area contributed by atoms with E-state index in [-0.39, 0.29) is 18.7 Å². The second kappa shape index (κ2) is 9.17. The van der Waals surface area contributed by atoms with Crippen molar-refractivity contribution in [1.82, 2.24) is 15.3 Å². The van der Waals surface area contributed by atoms with E-state index in [2.05, 4.69) is 15.3 Å². The summed E-state index contributed by atoms with van der Waals surface area (Å²) in [5.41, 5.74) is 1.29. The van der Waals surface area contributed by atoms with Crippen LogP contribution in [0.1, 0.15) is 39.2 Å². The molecule has 37 heavy (non-hydrogen) atoms. The molecule has 2 aromatic heterocycles. The maximum atomic E-state index is 15.4. The van der Waals surface area contributed by atoms with E-state index in [1.807, 2.05) is 6.92 Å². The van der Waals surface area contributed by atoms with Crippen molar-refractivity contribution in [2.45, 2.75) is 52.2 Å². The third-order valence-electron chi connectivity index (χ3n) is 6.39. The van der Waals surface area contributed by atoms with Crippen molar-refractivity contribution in [2.75, 3.05) is 30.0 Å². The van der Waals surface area contributed by atoms with Crippen molar-refractivity contribution in [2.24, 2.45) is 0 Å². The minimum Gasteiger partial charge on any atom is -0.474 e. The zero-order valence-corrected chi connectivity index (χ0v) is 21.6. The fourth-order valence-corrected chi connectivity index (χ4v) is 4.51. The lowest BCUT2D eigenvalue weighted by Gasteiger charge is -2.32. The molecule has 0 atom stereocenters. The molecule has 0 radical (unpaired) electrons. The van der Waals surface area contributed by atoms with E-state index < -0.39 is 17.5 Å². The van der Waals surface area contributed by atoms with Gasteiger partial charge in [-0.15, -0.1) is 0 Å². The summed E-state index contributed by atoms with van der Waals surface area (Å²) in [5, 5.41) is 4.01. The molecule has 194 valence electrons. The fourth-order valence-electron chi connectivity index (χ4n) is 4.51. The Morgan fingerprint density at radius 3 is 2.57 bits per heavy atom. The molecular formula is C27H30FN5O4. The number of nitrogens with zero attached hydrogens (tertiary/aromatic N) is 4. The normalized spacial score (nSPS) is 15.1. The van der Waals surface area contributed by atoms with Crippen LogP contribution in [-0.4, -0.2) is 53.9 Å². The molecule has 0 saturated heterocycles. The molecule has 1 aliphatic heterocycles. The summed E-state index contributed by atoms with van der Waals surface area (Å²) in [7, 11) is 1.59. The largest absolute Gasteiger partial charge is 0.474 e. The monoisotopic (exact) mass is 507 g/mol. The molecule has 1 N–H and O–H groups in total. The van der Waals surface area contributed by atoms with Gasteiger partial charge in [-0.2, -0.15) is 0 Å². The lowest BCUT2D eigenvalue weighted by molar-refractivity contribution is 0.0566. The number of hydrogen-bond acceptors (Lipinski definition) is 6. The van der Waals surface area contributed by atoms with Gasteiger partial charge in [-0.05, 0) is 69.7 Å². The first-order valence-corrected chi connectivity index (χ1v) is 12.3. The van der Waals surface area contributed by atoms with E-state index in [0.29, 0.717) is 46.0 Å². The number of benzene rings is 1. The number of carbonyl (C=O) groups excluding carboxylic acids is 2. The smallest absolute Gasteiger partial charge is 0.415 e. The maximum Gasteiger partial charge on any atom is 0.415 e. The van der Waals surface area contributed by atoms with Crippen molar-refractivity contribution >= 4 is 34.4 Å². The summed E-state index contributed by atoms with van der Waals surface area (Å²) in [6.07, 6.45) is 4.45. The van der Waals surface area contributed by atoms with Crippen LogP contribution >= 0.6 is 0 Å². The maximum absolute atomic E-state index is 15.4. The van der Waals surface area contributed by atoms with Crippen LogP contribution in [0.2, 0.25) is 0 Å². The molecule has 3 amide bonds. The lowest BCUT2D eigenvalue weighted by Crippen LogP contribution is -2.42. The highest BCUT2D eigenvalue weighted by Gasteiger charge is 2.35. The molecule has 3 aromatic rings. The molecule has 0 bridgehead atoms. The number of halogens is 1. The number of rotatable bonds is 3. The van der Waals surface area contributed by atoms with Gasteiger partial charge in [-0.1, -0.05) is 0 Å². The van der Waals surface area contributed by atoms with Gasteiger partial charge >= 0.3 is 12.1 Å². The van der Waals surface area contributed by atoms with E-state index in [4.69, 9.17) is 9.47 Å². The number of nitrogens with one attached hydrogen (secondary N) is 1. The summed E-state index contributed by atoms with van der Waals surface area (Å²) in [5.74, 6) is 0.367. The van der Waals surface area contributed by atoms with Crippen LogP contribution in [0.15, 0.2) is 30.6 Å². The highest BCUT2D eigenvalue weighted by atomic mass is 19.1. The molecule has 1 aromatic carbocycles. The van der Waals surface area contributed by atoms with Crippen LogP contribution in [-0.2, 0) is 4.74 Å². The number of aromatic nitrogens is 2. The van der Waals surface area contributed by atoms with Crippen LogP contribution in [0.3, 0.4) is 0 Å². The van der Waals surface area contributed by atoms with E-state index >= 15 is 4.39 Å². The molecule has 2 aliphatic rings. The summed E-state index contributed by atoms with van der Waals surface area (Å²) >= 11 is 0. The first-order chi connectivity index (χ1) is 17.6. The number of ether oxygens (including phenoxy) is 2. The Hall–Kier alpha value is -3.95. The molecular weight excluding hydrogens is 477 g/mol. The topological polar surface area (TPSA) is 96.9 Å². The van der Waals surface area contributed by atoms with Crippen molar-refractivity contribution in [1.29, 1.82) is 0 Å². The minimum atomic E-state index is -0.673. The quantitative estimate of drug-likeness (QED) is 0.524. The molecule has 9 nitrogen and oxygen atoms in total.